The van der Waals surface area contributed by atoms with Gasteiger partial charge in [0, 0.05) is 12.5 Å². The van der Waals surface area contributed by atoms with E-state index in [1.807, 2.05) is 30.3 Å². The lowest BCUT2D eigenvalue weighted by molar-refractivity contribution is 0.0164. The first-order valence-electron chi connectivity index (χ1n) is 10.4. The summed E-state index contributed by atoms with van der Waals surface area (Å²) < 4.78 is 35.8. The number of carbonyl (C=O) groups is 1. The average Bonchev–Trinajstić information content (AvgIpc) is 3.13. The number of fused-ring (bicyclic) bond motifs is 1. The van der Waals surface area contributed by atoms with Crippen molar-refractivity contribution in [1.29, 1.82) is 0 Å². The van der Waals surface area contributed by atoms with Gasteiger partial charge in [0.15, 0.2) is 0 Å². The molecule has 8 heteroatoms. The van der Waals surface area contributed by atoms with Gasteiger partial charge in [-0.25, -0.2) is 18.6 Å². The van der Waals surface area contributed by atoms with Gasteiger partial charge in [-0.05, 0) is 35.9 Å². The summed E-state index contributed by atoms with van der Waals surface area (Å²) in [6, 6.07) is 20.3. The molecule has 0 saturated heterocycles. The highest BCUT2D eigenvalue weighted by Gasteiger charge is 2.27. The molecule has 1 heterocycles. The van der Waals surface area contributed by atoms with Crippen molar-refractivity contribution < 1.29 is 23.4 Å². The molecule has 170 valence electrons. The van der Waals surface area contributed by atoms with Crippen molar-refractivity contribution in [2.45, 2.75) is 19.4 Å². The van der Waals surface area contributed by atoms with Crippen LogP contribution in [0.5, 0.6) is 5.75 Å². The molecule has 4 aromatic rings. The van der Waals surface area contributed by atoms with E-state index in [0.717, 1.165) is 12.7 Å². The van der Waals surface area contributed by atoms with Gasteiger partial charge in [0.2, 0.25) is 5.95 Å². The highest BCUT2D eigenvalue weighted by molar-refractivity contribution is 5.93. The van der Waals surface area contributed by atoms with E-state index < -0.39 is 11.9 Å². The van der Waals surface area contributed by atoms with Crippen LogP contribution in [0, 0.1) is 0 Å². The normalized spacial score (nSPS) is 11.5. The van der Waals surface area contributed by atoms with E-state index in [2.05, 4.69) is 10.3 Å². The fraction of sp³-hybridized carbons (Fsp3) is 0.200. The number of nitrogens with one attached hydrogen (secondary N) is 1. The topological polar surface area (TPSA) is 76.4 Å². The predicted molar refractivity (Wildman–Crippen MR) is 122 cm³/mol. The number of anilines is 1. The number of halogens is 2. The smallest absolute Gasteiger partial charge is 0.335 e. The fourth-order valence-electron chi connectivity index (χ4n) is 3.66. The van der Waals surface area contributed by atoms with E-state index in [1.54, 1.807) is 28.8 Å². The number of hydrogen-bond donors (Lipinski definition) is 2. The lowest BCUT2D eigenvalue weighted by Gasteiger charge is -2.18. The highest BCUT2D eigenvalue weighted by atomic mass is 19.3. The number of ether oxygens (including phenoxy) is 1. The van der Waals surface area contributed by atoms with E-state index in [4.69, 9.17) is 4.74 Å². The number of imidazole rings is 1. The Hall–Kier alpha value is -3.94. The van der Waals surface area contributed by atoms with Gasteiger partial charge in [0.25, 0.3) is 5.92 Å². The molecule has 2 N–H and O–H groups in total. The van der Waals surface area contributed by atoms with Gasteiger partial charge in [0.1, 0.15) is 12.4 Å². The first-order valence-corrected chi connectivity index (χ1v) is 10.4. The zero-order valence-corrected chi connectivity index (χ0v) is 18.0. The van der Waals surface area contributed by atoms with Crippen molar-refractivity contribution in [2.24, 2.45) is 0 Å². The molecule has 0 bridgehead atoms. The number of para-hydroxylation sites is 1. The Morgan fingerprint density at radius 3 is 2.55 bits per heavy atom. The second kappa shape index (κ2) is 9.28. The Bertz CT molecular complexity index is 1270. The Morgan fingerprint density at radius 1 is 1.09 bits per heavy atom. The monoisotopic (exact) mass is 451 g/mol. The molecular formula is C25H23F2N3O3. The minimum Gasteiger partial charge on any atom is -0.492 e. The summed E-state index contributed by atoms with van der Waals surface area (Å²) in [7, 11) is 0. The molecule has 0 atom stereocenters. The second-order valence-corrected chi connectivity index (χ2v) is 7.66. The summed E-state index contributed by atoms with van der Waals surface area (Å²) in [4.78, 5) is 15.9. The third-order valence-corrected chi connectivity index (χ3v) is 5.21. The Labute approximate surface area is 189 Å². The molecule has 0 spiro atoms. The van der Waals surface area contributed by atoms with Gasteiger partial charge in [-0.3, -0.25) is 0 Å². The maximum atomic E-state index is 14.2. The number of nitrogens with zero attached hydrogens (tertiary/aromatic N) is 2. The standard InChI is InChI=1S/C25H23F2N3O3/c1-25(26,27)20-10-6-5-7-18(20)16-30-22-12-11-17(23(31)32)15-21(22)29-24(30)28-13-14-33-19-8-3-2-4-9-19/h2-12,15H,13-14,16H2,1H3,(H,28,29)(H,31,32). The van der Waals surface area contributed by atoms with Gasteiger partial charge in [-0.1, -0.05) is 42.5 Å². The second-order valence-electron chi connectivity index (χ2n) is 7.66. The Balaban J connectivity index is 1.64. The molecule has 33 heavy (non-hydrogen) atoms. The summed E-state index contributed by atoms with van der Waals surface area (Å²) in [5.41, 5.74) is 1.59. The van der Waals surface area contributed by atoms with Crippen molar-refractivity contribution in [3.05, 3.63) is 89.5 Å². The van der Waals surface area contributed by atoms with Crippen LogP contribution in [0.3, 0.4) is 0 Å². The van der Waals surface area contributed by atoms with E-state index in [9.17, 15) is 18.7 Å². The molecular weight excluding hydrogens is 428 g/mol. The molecule has 0 aliphatic heterocycles. The van der Waals surface area contributed by atoms with Gasteiger partial charge < -0.3 is 19.7 Å². The van der Waals surface area contributed by atoms with Gasteiger partial charge in [0.05, 0.1) is 29.7 Å². The molecule has 3 aromatic carbocycles. The van der Waals surface area contributed by atoms with Gasteiger partial charge in [-0.2, -0.15) is 0 Å². The van der Waals surface area contributed by atoms with Crippen LogP contribution < -0.4 is 10.1 Å². The molecule has 1 aromatic heterocycles. The van der Waals surface area contributed by atoms with Crippen LogP contribution >= 0.6 is 0 Å². The first-order chi connectivity index (χ1) is 15.8. The van der Waals surface area contributed by atoms with E-state index >= 15 is 0 Å². The average molecular weight is 451 g/mol. The molecule has 4 rings (SSSR count). The minimum atomic E-state index is -3.00. The molecule has 0 amide bonds. The summed E-state index contributed by atoms with van der Waals surface area (Å²) in [6.07, 6.45) is 0. The summed E-state index contributed by atoms with van der Waals surface area (Å²) >= 11 is 0. The summed E-state index contributed by atoms with van der Waals surface area (Å²) in [5.74, 6) is -2.88. The molecule has 0 aliphatic rings. The van der Waals surface area contributed by atoms with Crippen LogP contribution in [-0.2, 0) is 12.5 Å². The SMILES string of the molecule is CC(F)(F)c1ccccc1Cn1c(NCCOc2ccccc2)nc2cc(C(=O)O)ccc21. The molecule has 0 saturated carbocycles. The van der Waals surface area contributed by atoms with Crippen molar-refractivity contribution in [2.75, 3.05) is 18.5 Å². The van der Waals surface area contributed by atoms with Crippen LogP contribution in [0.2, 0.25) is 0 Å². The largest absolute Gasteiger partial charge is 0.492 e. The van der Waals surface area contributed by atoms with Crippen molar-refractivity contribution >= 4 is 23.0 Å². The van der Waals surface area contributed by atoms with E-state index in [1.165, 1.54) is 18.2 Å². The zero-order valence-electron chi connectivity index (χ0n) is 18.0. The Kier molecular flexibility index (Phi) is 6.26. The number of carboxylic acids is 1. The van der Waals surface area contributed by atoms with E-state index in [-0.39, 0.29) is 17.7 Å². The van der Waals surface area contributed by atoms with Gasteiger partial charge in [-0.15, -0.1) is 0 Å². The molecule has 0 aliphatic carbocycles. The van der Waals surface area contributed by atoms with Crippen LogP contribution in [-0.4, -0.2) is 33.8 Å². The van der Waals surface area contributed by atoms with Gasteiger partial charge >= 0.3 is 5.97 Å². The molecule has 0 fully saturated rings. The third kappa shape index (κ3) is 5.11. The molecule has 6 nitrogen and oxygen atoms in total. The number of carboxylic acid groups (broad SMARTS) is 1. The van der Waals surface area contributed by atoms with Crippen LogP contribution in [0.4, 0.5) is 14.7 Å². The summed E-state index contributed by atoms with van der Waals surface area (Å²) in [5, 5.41) is 12.5. The zero-order chi connectivity index (χ0) is 23.4. The van der Waals surface area contributed by atoms with Crippen molar-refractivity contribution in [3.8, 4) is 5.75 Å². The van der Waals surface area contributed by atoms with Crippen molar-refractivity contribution in [3.63, 3.8) is 0 Å². The summed E-state index contributed by atoms with van der Waals surface area (Å²) in [6.45, 7) is 1.79. The predicted octanol–water partition coefficient (Wildman–Crippen LogP) is 5.39. The minimum absolute atomic E-state index is 0.0626. The Morgan fingerprint density at radius 2 is 1.82 bits per heavy atom. The van der Waals surface area contributed by atoms with Crippen LogP contribution in [0.15, 0.2) is 72.8 Å². The number of hydrogen-bond acceptors (Lipinski definition) is 4. The number of benzene rings is 3. The molecule has 0 radical (unpaired) electrons. The first kappa shape index (κ1) is 22.3. The van der Waals surface area contributed by atoms with Crippen LogP contribution in [0.25, 0.3) is 11.0 Å². The molecule has 0 unspecified atom stereocenters. The number of rotatable bonds is 9. The third-order valence-electron chi connectivity index (χ3n) is 5.21. The highest BCUT2D eigenvalue weighted by Crippen LogP contribution is 2.31. The van der Waals surface area contributed by atoms with E-state index in [0.29, 0.717) is 35.7 Å². The lowest BCUT2D eigenvalue weighted by atomic mass is 10.0. The van der Waals surface area contributed by atoms with Crippen LogP contribution in [0.1, 0.15) is 28.4 Å². The number of alkyl halides is 2. The quantitative estimate of drug-likeness (QED) is 0.334. The fourth-order valence-corrected chi connectivity index (χ4v) is 3.66. The van der Waals surface area contributed by atoms with Crippen molar-refractivity contribution in [1.82, 2.24) is 9.55 Å². The maximum Gasteiger partial charge on any atom is 0.335 e. The maximum absolute atomic E-state index is 14.2. The number of aromatic carboxylic acids is 1. The lowest BCUT2D eigenvalue weighted by Crippen LogP contribution is -2.17. The number of aromatic nitrogens is 2.